The number of nitrogens with zero attached hydrogens (tertiary/aromatic N) is 1. The number of fused-ring (bicyclic) bond motifs is 1. The van der Waals surface area contributed by atoms with Crippen LogP contribution in [0.15, 0.2) is 24.5 Å². The topological polar surface area (TPSA) is 54.7 Å². The van der Waals surface area contributed by atoms with Gasteiger partial charge in [-0.05, 0) is 23.6 Å². The van der Waals surface area contributed by atoms with Gasteiger partial charge in [0.05, 0.1) is 0 Å². The summed E-state index contributed by atoms with van der Waals surface area (Å²) in [6.45, 7) is 4.25. The lowest BCUT2D eigenvalue weighted by atomic mass is 9.97. The zero-order valence-corrected chi connectivity index (χ0v) is 8.49. The van der Waals surface area contributed by atoms with Crippen molar-refractivity contribution in [2.75, 3.05) is 0 Å². The maximum absolute atomic E-state index is 6.10. The molecule has 0 saturated heterocycles. The van der Waals surface area contributed by atoms with Crippen molar-refractivity contribution in [2.24, 2.45) is 11.7 Å². The van der Waals surface area contributed by atoms with E-state index in [-0.39, 0.29) is 6.04 Å². The highest BCUT2D eigenvalue weighted by atomic mass is 14.8. The lowest BCUT2D eigenvalue weighted by molar-refractivity contribution is 0.517. The van der Waals surface area contributed by atoms with E-state index < -0.39 is 0 Å². The van der Waals surface area contributed by atoms with Crippen LogP contribution in [0.5, 0.6) is 0 Å². The Hall–Kier alpha value is -1.35. The van der Waals surface area contributed by atoms with Gasteiger partial charge in [0, 0.05) is 23.8 Å². The highest BCUT2D eigenvalue weighted by molar-refractivity contribution is 5.79. The zero-order chi connectivity index (χ0) is 10.1. The first-order valence-corrected chi connectivity index (χ1v) is 4.87. The summed E-state index contributed by atoms with van der Waals surface area (Å²) in [6.07, 6.45) is 3.74. The number of nitrogens with two attached hydrogens (primary N) is 1. The number of pyridine rings is 1. The largest absolute Gasteiger partial charge is 0.346 e. The van der Waals surface area contributed by atoms with Gasteiger partial charge in [-0.1, -0.05) is 13.8 Å². The first-order chi connectivity index (χ1) is 6.70. The Morgan fingerprint density at radius 2 is 2.21 bits per heavy atom. The van der Waals surface area contributed by atoms with Gasteiger partial charge in [0.25, 0.3) is 0 Å². The molecule has 3 heteroatoms. The van der Waals surface area contributed by atoms with E-state index in [9.17, 15) is 0 Å². The van der Waals surface area contributed by atoms with Gasteiger partial charge in [-0.25, -0.2) is 4.98 Å². The second kappa shape index (κ2) is 3.42. The molecule has 0 aliphatic carbocycles. The fourth-order valence-electron chi connectivity index (χ4n) is 1.61. The molecule has 0 aromatic carbocycles. The summed E-state index contributed by atoms with van der Waals surface area (Å²) in [6, 6.07) is 4.07. The molecule has 0 aliphatic rings. The number of H-pyrrole nitrogens is 1. The van der Waals surface area contributed by atoms with Crippen molar-refractivity contribution in [1.29, 1.82) is 0 Å². The smallest absolute Gasteiger partial charge is 0.137 e. The Morgan fingerprint density at radius 1 is 1.43 bits per heavy atom. The van der Waals surface area contributed by atoms with Crippen LogP contribution in [0.25, 0.3) is 11.0 Å². The normalized spacial score (nSPS) is 13.7. The number of hydrogen-bond donors (Lipinski definition) is 2. The van der Waals surface area contributed by atoms with Gasteiger partial charge in [-0.3, -0.25) is 0 Å². The Morgan fingerprint density at radius 3 is 2.93 bits per heavy atom. The molecule has 0 amide bonds. The third kappa shape index (κ3) is 1.40. The molecular weight excluding hydrogens is 174 g/mol. The molecule has 74 valence electrons. The van der Waals surface area contributed by atoms with Crippen LogP contribution in [-0.4, -0.2) is 9.97 Å². The summed E-state index contributed by atoms with van der Waals surface area (Å²) < 4.78 is 0. The quantitative estimate of drug-likeness (QED) is 0.761. The molecule has 1 unspecified atom stereocenters. The Bertz CT molecular complexity index is 431. The third-order valence-electron chi connectivity index (χ3n) is 2.56. The van der Waals surface area contributed by atoms with Crippen molar-refractivity contribution in [3.05, 3.63) is 30.1 Å². The van der Waals surface area contributed by atoms with E-state index in [2.05, 4.69) is 29.9 Å². The Labute approximate surface area is 83.3 Å². The molecule has 3 nitrogen and oxygen atoms in total. The van der Waals surface area contributed by atoms with E-state index in [1.165, 1.54) is 0 Å². The van der Waals surface area contributed by atoms with Crippen LogP contribution >= 0.6 is 0 Å². The predicted molar refractivity (Wildman–Crippen MR) is 57.9 cm³/mol. The van der Waals surface area contributed by atoms with E-state index in [1.807, 2.05) is 12.3 Å². The highest BCUT2D eigenvalue weighted by Gasteiger charge is 2.14. The molecule has 2 heterocycles. The molecule has 0 radical (unpaired) electrons. The van der Waals surface area contributed by atoms with Gasteiger partial charge in [0.15, 0.2) is 0 Å². The van der Waals surface area contributed by atoms with Gasteiger partial charge in [0.2, 0.25) is 0 Å². The highest BCUT2D eigenvalue weighted by Crippen LogP contribution is 2.25. The lowest BCUT2D eigenvalue weighted by Gasteiger charge is -2.14. The molecule has 0 aliphatic heterocycles. The molecular formula is C11H15N3. The van der Waals surface area contributed by atoms with E-state index in [4.69, 9.17) is 5.73 Å². The first kappa shape index (κ1) is 9.21. The number of aromatic amines is 1. The minimum atomic E-state index is 0.0768. The van der Waals surface area contributed by atoms with Crippen LogP contribution in [0.1, 0.15) is 25.5 Å². The minimum absolute atomic E-state index is 0.0768. The summed E-state index contributed by atoms with van der Waals surface area (Å²) in [5, 5.41) is 1.13. The second-order valence-electron chi connectivity index (χ2n) is 3.91. The summed E-state index contributed by atoms with van der Waals surface area (Å²) in [4.78, 5) is 7.37. The molecule has 0 fully saturated rings. The monoisotopic (exact) mass is 189 g/mol. The molecule has 2 aromatic heterocycles. The fraction of sp³-hybridized carbons (Fsp3) is 0.364. The number of aromatic nitrogens is 2. The summed E-state index contributed by atoms with van der Waals surface area (Å²) in [5.41, 5.74) is 8.17. The molecule has 0 bridgehead atoms. The predicted octanol–water partition coefficient (Wildman–Crippen LogP) is 2.22. The molecule has 0 spiro atoms. The van der Waals surface area contributed by atoms with Crippen molar-refractivity contribution in [1.82, 2.24) is 9.97 Å². The van der Waals surface area contributed by atoms with Crippen LogP contribution in [-0.2, 0) is 0 Å². The van der Waals surface area contributed by atoms with Crippen molar-refractivity contribution < 1.29 is 0 Å². The van der Waals surface area contributed by atoms with Crippen molar-refractivity contribution in [3.63, 3.8) is 0 Å². The van der Waals surface area contributed by atoms with Crippen molar-refractivity contribution in [3.8, 4) is 0 Å². The van der Waals surface area contributed by atoms with E-state index in [0.717, 1.165) is 16.6 Å². The SMILES string of the molecule is CC(C)C(N)c1c[nH]c2ncccc12. The maximum atomic E-state index is 6.10. The number of rotatable bonds is 2. The number of hydrogen-bond acceptors (Lipinski definition) is 2. The summed E-state index contributed by atoms with van der Waals surface area (Å²) in [5.74, 6) is 0.439. The molecule has 2 aromatic rings. The Balaban J connectivity index is 2.53. The molecule has 14 heavy (non-hydrogen) atoms. The van der Waals surface area contributed by atoms with Crippen LogP contribution in [0, 0.1) is 5.92 Å². The molecule has 1 atom stereocenters. The second-order valence-corrected chi connectivity index (χ2v) is 3.91. The lowest BCUT2D eigenvalue weighted by Crippen LogP contribution is -2.16. The number of nitrogens with one attached hydrogen (secondary N) is 1. The molecule has 3 N–H and O–H groups in total. The van der Waals surface area contributed by atoms with E-state index in [0.29, 0.717) is 5.92 Å². The van der Waals surface area contributed by atoms with Crippen LogP contribution in [0.4, 0.5) is 0 Å². The summed E-state index contributed by atoms with van der Waals surface area (Å²) in [7, 11) is 0. The summed E-state index contributed by atoms with van der Waals surface area (Å²) >= 11 is 0. The maximum Gasteiger partial charge on any atom is 0.137 e. The minimum Gasteiger partial charge on any atom is -0.346 e. The van der Waals surface area contributed by atoms with Gasteiger partial charge in [0.1, 0.15) is 5.65 Å². The average Bonchev–Trinajstić information content (AvgIpc) is 2.60. The molecule has 0 saturated carbocycles. The average molecular weight is 189 g/mol. The Kier molecular flexibility index (Phi) is 2.25. The van der Waals surface area contributed by atoms with Gasteiger partial charge < -0.3 is 10.7 Å². The standard InChI is InChI=1S/C11H15N3/c1-7(2)10(12)9-6-14-11-8(9)4-3-5-13-11/h3-7,10H,12H2,1-2H3,(H,13,14). The van der Waals surface area contributed by atoms with Crippen LogP contribution in [0.2, 0.25) is 0 Å². The fourth-order valence-corrected chi connectivity index (χ4v) is 1.61. The zero-order valence-electron chi connectivity index (χ0n) is 8.49. The third-order valence-corrected chi connectivity index (χ3v) is 2.56. The van der Waals surface area contributed by atoms with Crippen LogP contribution < -0.4 is 5.73 Å². The van der Waals surface area contributed by atoms with Crippen molar-refractivity contribution >= 4 is 11.0 Å². The first-order valence-electron chi connectivity index (χ1n) is 4.87. The van der Waals surface area contributed by atoms with Crippen molar-refractivity contribution in [2.45, 2.75) is 19.9 Å². The van der Waals surface area contributed by atoms with Gasteiger partial charge in [-0.15, -0.1) is 0 Å². The van der Waals surface area contributed by atoms with E-state index >= 15 is 0 Å². The molecule has 2 rings (SSSR count). The van der Waals surface area contributed by atoms with Gasteiger partial charge >= 0.3 is 0 Å². The van der Waals surface area contributed by atoms with Gasteiger partial charge in [-0.2, -0.15) is 0 Å². The van der Waals surface area contributed by atoms with E-state index in [1.54, 1.807) is 6.20 Å². The van der Waals surface area contributed by atoms with Crippen LogP contribution in [0.3, 0.4) is 0 Å².